The molecule has 9 aromatic carbocycles. The van der Waals surface area contributed by atoms with Crippen LogP contribution in [0.2, 0.25) is 0 Å². The standard InChI is InChI=1S/C91H82N2O2S3/c1-9-11-13-15-17-73-43-46-82(96-73)63-50-76-85-78(52-63)90(69-35-23-59(5)24-36-69,70-37-25-60(6)26-38-70)80-54-65(84-48-45-75(98-84)49-66(56-92)88(94)95)55-81-87(80)93(85)86-77(89(76,67-31-19-57(3)20-32-67)68-33-21-58(4)22-34-68)51-64(83-47-44-74(97-83)18-16-14-12-10-2)53-79(86)91(81,71-39-27-61(7)28-40-71)72-41-29-62(8)30-42-72/h19-55H,9-18H2,1-8H3,(H,94,95)/b66-49-. The first-order chi connectivity index (χ1) is 47.7. The van der Waals surface area contributed by atoms with Crippen LogP contribution in [0.5, 0.6) is 0 Å². The molecule has 0 fully saturated rings. The molecule has 0 saturated carbocycles. The smallest absolute Gasteiger partial charge is 0.346 e. The van der Waals surface area contributed by atoms with Gasteiger partial charge in [-0.25, -0.2) is 4.79 Å². The third-order valence-electron chi connectivity index (χ3n) is 21.3. The van der Waals surface area contributed by atoms with E-state index < -0.39 is 22.2 Å². The van der Waals surface area contributed by atoms with E-state index in [1.807, 2.05) is 34.8 Å². The molecule has 4 nitrogen and oxygen atoms in total. The molecule has 3 aromatic heterocycles. The predicted molar refractivity (Wildman–Crippen MR) is 412 cm³/mol. The van der Waals surface area contributed by atoms with E-state index in [-0.39, 0.29) is 5.57 Å². The number of carboxylic acids is 1. The minimum absolute atomic E-state index is 0.304. The van der Waals surface area contributed by atoms with Gasteiger partial charge in [-0.15, -0.1) is 34.0 Å². The Bertz CT molecular complexity index is 4720. The van der Waals surface area contributed by atoms with Gasteiger partial charge < -0.3 is 10.0 Å². The van der Waals surface area contributed by atoms with Crippen LogP contribution in [-0.4, -0.2) is 11.1 Å². The third kappa shape index (κ3) is 10.7. The van der Waals surface area contributed by atoms with Gasteiger partial charge in [0.15, 0.2) is 0 Å². The Hall–Kier alpha value is -9.42. The fraction of sp³-hybridized carbons (Fsp3) is 0.231. The highest BCUT2D eigenvalue weighted by atomic mass is 32.1. The summed E-state index contributed by atoms with van der Waals surface area (Å²) in [5.74, 6) is -1.25. The van der Waals surface area contributed by atoms with Gasteiger partial charge in [-0.2, -0.15) is 5.26 Å². The average Bonchev–Trinajstić information content (AvgIpc) is 0.671. The number of carboxylic acid groups (broad SMARTS) is 1. The summed E-state index contributed by atoms with van der Waals surface area (Å²) in [7, 11) is 0. The van der Waals surface area contributed by atoms with Crippen LogP contribution < -0.4 is 4.90 Å². The lowest BCUT2D eigenvalue weighted by Gasteiger charge is -2.58. The molecule has 0 bridgehead atoms. The Labute approximate surface area is 591 Å². The number of hydrogen-bond acceptors (Lipinski definition) is 6. The molecule has 0 saturated heterocycles. The molecule has 3 aliphatic heterocycles. The van der Waals surface area contributed by atoms with Crippen LogP contribution in [0.4, 0.5) is 17.1 Å². The molecule has 0 unspecified atom stereocenters. The van der Waals surface area contributed by atoms with Gasteiger partial charge in [0.1, 0.15) is 11.6 Å². The lowest BCUT2D eigenvalue weighted by Crippen LogP contribution is -2.49. The quantitative estimate of drug-likeness (QED) is 0.0442. The number of carbonyl (C=O) groups is 1. The molecule has 0 atom stereocenters. The molecule has 0 aliphatic carbocycles. The van der Waals surface area contributed by atoms with Crippen molar-refractivity contribution in [2.24, 2.45) is 0 Å². The second-order valence-electron chi connectivity index (χ2n) is 27.9. The molecule has 98 heavy (non-hydrogen) atoms. The number of nitriles is 1. The zero-order chi connectivity index (χ0) is 67.6. The number of unbranched alkanes of at least 4 members (excludes halogenated alkanes) is 6. The van der Waals surface area contributed by atoms with Gasteiger partial charge in [0, 0.05) is 29.3 Å². The third-order valence-corrected chi connectivity index (χ3v) is 24.8. The summed E-state index contributed by atoms with van der Waals surface area (Å²) in [6.07, 6.45) is 13.2. The Morgan fingerprint density at radius 3 is 0.929 bits per heavy atom. The van der Waals surface area contributed by atoms with Crippen molar-refractivity contribution in [1.29, 1.82) is 5.26 Å². The van der Waals surface area contributed by atoms with E-state index in [9.17, 15) is 15.2 Å². The minimum atomic E-state index is -1.25. The van der Waals surface area contributed by atoms with Crippen molar-refractivity contribution in [1.82, 2.24) is 0 Å². The molecule has 7 heteroatoms. The second kappa shape index (κ2) is 26.1. The lowest BCUT2D eigenvalue weighted by atomic mass is 9.52. The van der Waals surface area contributed by atoms with E-state index in [1.54, 1.807) is 0 Å². The van der Waals surface area contributed by atoms with Crippen LogP contribution in [0.25, 0.3) is 37.4 Å². The van der Waals surface area contributed by atoms with Gasteiger partial charge >= 0.3 is 5.97 Å². The number of nitrogens with zero attached hydrogens (tertiary/aromatic N) is 2. The molecule has 6 heterocycles. The number of thiophene rings is 3. The molecular formula is C91H82N2O2S3. The summed E-state index contributed by atoms with van der Waals surface area (Å²) in [6, 6.07) is 88.0. The van der Waals surface area contributed by atoms with Crippen LogP contribution in [-0.2, 0) is 33.9 Å². The van der Waals surface area contributed by atoms with Crippen molar-refractivity contribution in [3.8, 4) is 37.4 Å². The molecule has 0 amide bonds. The van der Waals surface area contributed by atoms with E-state index >= 15 is 0 Å². The normalized spacial score (nSPS) is 14.3. The summed E-state index contributed by atoms with van der Waals surface area (Å²) >= 11 is 5.43. The van der Waals surface area contributed by atoms with Crippen molar-refractivity contribution < 1.29 is 9.90 Å². The Balaban J connectivity index is 1.21. The summed E-state index contributed by atoms with van der Waals surface area (Å²) in [6.45, 7) is 17.8. The zero-order valence-electron chi connectivity index (χ0n) is 57.4. The fourth-order valence-corrected chi connectivity index (χ4v) is 19.4. The van der Waals surface area contributed by atoms with E-state index in [0.29, 0.717) is 4.88 Å². The first-order valence-electron chi connectivity index (χ1n) is 35.1. The second-order valence-corrected chi connectivity index (χ2v) is 31.3. The molecule has 486 valence electrons. The number of anilines is 3. The summed E-state index contributed by atoms with van der Waals surface area (Å²) in [5.41, 5.74) is 25.0. The molecule has 3 aliphatic rings. The number of aryl methyl sites for hydroxylation is 8. The number of rotatable bonds is 21. The molecule has 15 rings (SSSR count). The molecule has 1 N–H and O–H groups in total. The maximum atomic E-state index is 12.6. The first-order valence-corrected chi connectivity index (χ1v) is 37.6. The SMILES string of the molecule is CCCCCCc1ccc(-c2cc3c4c(c2)C(c2ccc(C)cc2)(c2ccc(C)cc2)c2cc(-c5ccc(CCCCCC)s5)cc5c2N4c2c(cc(-c4ccc(/C=C(/C#N)C(=O)O)s4)cc2C5(c2ccc(C)cc2)c2ccc(C)cc2)C3(c2ccc(C)cc2)c2ccc(C)cc2)s1. The Morgan fingerprint density at radius 1 is 0.388 bits per heavy atom. The van der Waals surface area contributed by atoms with Crippen LogP contribution in [0.3, 0.4) is 0 Å². The van der Waals surface area contributed by atoms with Crippen LogP contribution in [0.1, 0.15) is 180 Å². The van der Waals surface area contributed by atoms with Crippen molar-refractivity contribution in [2.45, 2.75) is 136 Å². The topological polar surface area (TPSA) is 64.3 Å². The average molecular weight is 1330 g/mol. The molecule has 0 radical (unpaired) electrons. The minimum Gasteiger partial charge on any atom is -0.477 e. The maximum Gasteiger partial charge on any atom is 0.346 e. The highest BCUT2D eigenvalue weighted by molar-refractivity contribution is 7.16. The van der Waals surface area contributed by atoms with E-state index in [4.69, 9.17) is 0 Å². The van der Waals surface area contributed by atoms with Crippen molar-refractivity contribution in [3.05, 3.63) is 339 Å². The maximum absolute atomic E-state index is 12.6. The lowest BCUT2D eigenvalue weighted by molar-refractivity contribution is -0.132. The van der Waals surface area contributed by atoms with Crippen LogP contribution >= 0.6 is 34.0 Å². The summed E-state index contributed by atoms with van der Waals surface area (Å²) < 4.78 is 0. The van der Waals surface area contributed by atoms with Crippen molar-refractivity contribution in [2.75, 3.05) is 4.90 Å². The van der Waals surface area contributed by atoms with Gasteiger partial charge in [-0.3, -0.25) is 0 Å². The van der Waals surface area contributed by atoms with Gasteiger partial charge in [0.2, 0.25) is 0 Å². The van der Waals surface area contributed by atoms with Crippen molar-refractivity contribution >= 4 is 63.1 Å². The highest BCUT2D eigenvalue weighted by Crippen LogP contribution is 2.73. The molecule has 12 aromatic rings. The van der Waals surface area contributed by atoms with E-state index in [1.165, 1.54) is 165 Å². The zero-order valence-corrected chi connectivity index (χ0v) is 59.9. The largest absolute Gasteiger partial charge is 0.477 e. The monoisotopic (exact) mass is 1330 g/mol. The number of aliphatic carboxylic acids is 1. The first kappa shape index (κ1) is 64.6. The Kier molecular flexibility index (Phi) is 17.2. The number of hydrogen-bond donors (Lipinski definition) is 1. The van der Waals surface area contributed by atoms with Gasteiger partial charge in [0.05, 0.1) is 33.3 Å². The fourth-order valence-electron chi connectivity index (χ4n) is 16.4. The van der Waals surface area contributed by atoms with Gasteiger partial charge in [-0.1, -0.05) is 231 Å². The number of benzene rings is 9. The van der Waals surface area contributed by atoms with E-state index in [2.05, 4.69) is 273 Å². The van der Waals surface area contributed by atoms with Crippen LogP contribution in [0, 0.1) is 52.9 Å². The van der Waals surface area contributed by atoms with E-state index in [0.717, 1.165) is 75.2 Å². The van der Waals surface area contributed by atoms with Gasteiger partial charge in [0.25, 0.3) is 0 Å². The molecular weight excluding hydrogens is 1250 g/mol. The van der Waals surface area contributed by atoms with Crippen molar-refractivity contribution in [3.63, 3.8) is 0 Å². The summed E-state index contributed by atoms with van der Waals surface area (Å²) in [4.78, 5) is 22.3. The predicted octanol–water partition coefficient (Wildman–Crippen LogP) is 24.5. The van der Waals surface area contributed by atoms with Crippen LogP contribution in [0.15, 0.2) is 224 Å². The molecule has 0 spiro atoms. The highest BCUT2D eigenvalue weighted by Gasteiger charge is 2.61. The van der Waals surface area contributed by atoms with Gasteiger partial charge in [-0.05, 0) is 230 Å². The summed E-state index contributed by atoms with van der Waals surface area (Å²) in [5, 5.41) is 20.5. The Morgan fingerprint density at radius 2 is 0.663 bits per heavy atom.